The highest BCUT2D eigenvalue weighted by molar-refractivity contribution is 9.10. The molecule has 0 radical (unpaired) electrons. The average Bonchev–Trinajstić information content (AvgIpc) is 2.21. The summed E-state index contributed by atoms with van der Waals surface area (Å²) in [5, 5.41) is 0. The van der Waals surface area contributed by atoms with Crippen molar-refractivity contribution in [1.29, 1.82) is 0 Å². The van der Waals surface area contributed by atoms with Gasteiger partial charge in [-0.2, -0.15) is 0 Å². The zero-order valence-corrected chi connectivity index (χ0v) is 12.0. The zero-order chi connectivity index (χ0) is 13.1. The third-order valence-corrected chi connectivity index (χ3v) is 4.58. The molecule has 1 aromatic rings. The Morgan fingerprint density at radius 1 is 1.41 bits per heavy atom. The first-order valence-corrected chi connectivity index (χ1v) is 7.46. The van der Waals surface area contributed by atoms with Crippen LogP contribution in [0.15, 0.2) is 27.6 Å². The van der Waals surface area contributed by atoms with Crippen molar-refractivity contribution >= 4 is 31.7 Å². The molecule has 17 heavy (non-hydrogen) atoms. The van der Waals surface area contributed by atoms with Crippen molar-refractivity contribution in [2.45, 2.75) is 18.7 Å². The van der Waals surface area contributed by atoms with E-state index in [1.165, 1.54) is 12.1 Å². The van der Waals surface area contributed by atoms with Gasteiger partial charge in [-0.25, -0.2) is 8.42 Å². The third-order valence-electron chi connectivity index (χ3n) is 2.10. The van der Waals surface area contributed by atoms with Crippen LogP contribution in [0.25, 0.3) is 0 Å². The van der Waals surface area contributed by atoms with E-state index in [1.807, 2.05) is 0 Å². The Labute approximate surface area is 109 Å². The number of esters is 1. The number of halogens is 1. The topological polar surface area (TPSA) is 60.4 Å². The number of sulfone groups is 1. The fourth-order valence-electron chi connectivity index (χ4n) is 1.25. The van der Waals surface area contributed by atoms with Crippen LogP contribution in [-0.2, 0) is 19.4 Å². The lowest BCUT2D eigenvalue weighted by Crippen LogP contribution is -2.18. The number of rotatable bonds is 4. The highest BCUT2D eigenvalue weighted by Crippen LogP contribution is 2.20. The van der Waals surface area contributed by atoms with E-state index in [4.69, 9.17) is 0 Å². The second kappa shape index (κ2) is 5.64. The lowest BCUT2D eigenvalue weighted by Gasteiger charge is -2.06. The van der Waals surface area contributed by atoms with Crippen molar-refractivity contribution in [2.24, 2.45) is 0 Å². The van der Waals surface area contributed by atoms with Gasteiger partial charge in [0.25, 0.3) is 0 Å². The highest BCUT2D eigenvalue weighted by atomic mass is 79.9. The van der Waals surface area contributed by atoms with E-state index >= 15 is 0 Å². The molecule has 0 aliphatic rings. The molecule has 0 aliphatic heterocycles. The van der Waals surface area contributed by atoms with Crippen molar-refractivity contribution in [3.8, 4) is 0 Å². The molecule has 0 fully saturated rings. The molecule has 1 aromatic carbocycles. The van der Waals surface area contributed by atoms with Crippen LogP contribution in [0, 0.1) is 6.92 Å². The van der Waals surface area contributed by atoms with Crippen LogP contribution in [-0.4, -0.2) is 26.7 Å². The van der Waals surface area contributed by atoms with Crippen LogP contribution >= 0.6 is 15.9 Å². The molecule has 0 spiro atoms. The van der Waals surface area contributed by atoms with Gasteiger partial charge in [-0.05, 0) is 37.6 Å². The summed E-state index contributed by atoms with van der Waals surface area (Å²) < 4.78 is 29.2. The van der Waals surface area contributed by atoms with E-state index in [0.717, 1.165) is 10.0 Å². The highest BCUT2D eigenvalue weighted by Gasteiger charge is 2.20. The first kappa shape index (κ1) is 14.2. The molecule has 0 bridgehead atoms. The van der Waals surface area contributed by atoms with E-state index in [2.05, 4.69) is 20.7 Å². The minimum atomic E-state index is -3.62. The number of hydrogen-bond acceptors (Lipinski definition) is 4. The maximum Gasteiger partial charge on any atom is 0.321 e. The number of carbonyl (C=O) groups excluding carboxylic acids is 1. The molecule has 1 rings (SSSR count). The van der Waals surface area contributed by atoms with E-state index in [9.17, 15) is 13.2 Å². The summed E-state index contributed by atoms with van der Waals surface area (Å²) in [5.74, 6) is -1.35. The van der Waals surface area contributed by atoms with Crippen LogP contribution in [0.5, 0.6) is 0 Å². The van der Waals surface area contributed by atoms with Gasteiger partial charge in [0.1, 0.15) is 0 Å². The Morgan fingerprint density at radius 3 is 2.59 bits per heavy atom. The van der Waals surface area contributed by atoms with Crippen LogP contribution < -0.4 is 0 Å². The molecule has 0 aromatic heterocycles. The summed E-state index contributed by atoms with van der Waals surface area (Å²) in [6.45, 7) is 3.59. The minimum Gasteiger partial charge on any atom is -0.465 e. The van der Waals surface area contributed by atoms with Crippen molar-refractivity contribution in [2.75, 3.05) is 12.4 Å². The van der Waals surface area contributed by atoms with E-state index in [0.29, 0.717) is 0 Å². The minimum absolute atomic E-state index is 0.131. The smallest absolute Gasteiger partial charge is 0.321 e. The largest absolute Gasteiger partial charge is 0.465 e. The number of aryl methyl sites for hydroxylation is 1. The molecule has 0 N–H and O–H groups in total. The van der Waals surface area contributed by atoms with Crippen molar-refractivity contribution < 1.29 is 17.9 Å². The van der Waals surface area contributed by atoms with Crippen molar-refractivity contribution in [3.63, 3.8) is 0 Å². The molecule has 0 amide bonds. The summed E-state index contributed by atoms with van der Waals surface area (Å²) in [6, 6.07) is 4.64. The van der Waals surface area contributed by atoms with Gasteiger partial charge in [-0.3, -0.25) is 4.79 Å². The molecular formula is C11H13BrO4S. The van der Waals surface area contributed by atoms with Gasteiger partial charge >= 0.3 is 5.97 Å². The average molecular weight is 321 g/mol. The van der Waals surface area contributed by atoms with Gasteiger partial charge < -0.3 is 4.74 Å². The van der Waals surface area contributed by atoms with Crippen LogP contribution in [0.3, 0.4) is 0 Å². The van der Waals surface area contributed by atoms with Crippen LogP contribution in [0.1, 0.15) is 12.5 Å². The summed E-state index contributed by atoms with van der Waals surface area (Å²) in [4.78, 5) is 11.3. The standard InChI is InChI=1S/C11H13BrO4S/c1-3-16-11(13)7-17(14,15)9-4-5-10(12)8(2)6-9/h4-6H,3,7H2,1-2H3. The SMILES string of the molecule is CCOC(=O)CS(=O)(=O)c1ccc(Br)c(C)c1. The normalized spacial score (nSPS) is 11.2. The molecule has 94 valence electrons. The second-order valence-corrected chi connectivity index (χ2v) is 6.32. The number of ether oxygens (including phenoxy) is 1. The molecule has 0 saturated heterocycles. The quantitative estimate of drug-likeness (QED) is 0.797. The maximum atomic E-state index is 11.9. The lowest BCUT2D eigenvalue weighted by atomic mass is 10.2. The Morgan fingerprint density at radius 2 is 2.06 bits per heavy atom. The Balaban J connectivity index is 2.97. The molecule has 4 nitrogen and oxygen atoms in total. The lowest BCUT2D eigenvalue weighted by molar-refractivity contribution is -0.139. The number of hydrogen-bond donors (Lipinski definition) is 0. The third kappa shape index (κ3) is 3.81. The van der Waals surface area contributed by atoms with E-state index in [1.54, 1.807) is 19.9 Å². The van der Waals surface area contributed by atoms with Crippen molar-refractivity contribution in [3.05, 3.63) is 28.2 Å². The van der Waals surface area contributed by atoms with Gasteiger partial charge in [0.05, 0.1) is 11.5 Å². The fourth-order valence-corrected chi connectivity index (χ4v) is 2.69. The summed E-state index contributed by atoms with van der Waals surface area (Å²) in [6.07, 6.45) is 0. The molecule has 0 atom stereocenters. The summed E-state index contributed by atoms with van der Waals surface area (Å²) >= 11 is 3.29. The van der Waals surface area contributed by atoms with Gasteiger partial charge in [-0.1, -0.05) is 15.9 Å². The molecule has 0 unspecified atom stereocenters. The second-order valence-electron chi connectivity index (χ2n) is 3.48. The van der Waals surface area contributed by atoms with Gasteiger partial charge in [0.15, 0.2) is 15.6 Å². The Kier molecular flexibility index (Phi) is 4.70. The fraction of sp³-hybridized carbons (Fsp3) is 0.364. The van der Waals surface area contributed by atoms with E-state index < -0.39 is 21.6 Å². The Bertz CT molecular complexity index is 522. The number of carbonyl (C=O) groups is 1. The summed E-state index contributed by atoms with van der Waals surface area (Å²) in [7, 11) is -3.62. The zero-order valence-electron chi connectivity index (χ0n) is 9.57. The van der Waals surface area contributed by atoms with Gasteiger partial charge in [0.2, 0.25) is 0 Å². The maximum absolute atomic E-state index is 11.9. The van der Waals surface area contributed by atoms with Gasteiger partial charge in [0, 0.05) is 4.47 Å². The van der Waals surface area contributed by atoms with E-state index in [-0.39, 0.29) is 11.5 Å². The number of benzene rings is 1. The summed E-state index contributed by atoms with van der Waals surface area (Å²) in [5.41, 5.74) is 0.801. The molecule has 6 heteroatoms. The predicted molar refractivity (Wildman–Crippen MR) is 67.6 cm³/mol. The van der Waals surface area contributed by atoms with Crippen LogP contribution in [0.2, 0.25) is 0 Å². The van der Waals surface area contributed by atoms with Crippen LogP contribution in [0.4, 0.5) is 0 Å². The molecule has 0 saturated carbocycles. The predicted octanol–water partition coefficient (Wildman–Crippen LogP) is 2.09. The molecule has 0 heterocycles. The first-order valence-electron chi connectivity index (χ1n) is 5.01. The van der Waals surface area contributed by atoms with Gasteiger partial charge in [-0.15, -0.1) is 0 Å². The van der Waals surface area contributed by atoms with Crippen molar-refractivity contribution in [1.82, 2.24) is 0 Å². The Hall–Kier alpha value is -0.880. The first-order chi connectivity index (χ1) is 7.86. The molecular weight excluding hydrogens is 308 g/mol. The monoisotopic (exact) mass is 320 g/mol. The molecule has 0 aliphatic carbocycles.